The number of fused-ring (bicyclic) bond motifs is 9. The number of ether oxygens (including phenoxy) is 1. The molecule has 8 aliphatic rings. The van der Waals surface area contributed by atoms with Crippen molar-refractivity contribution in [3.63, 3.8) is 0 Å². The Morgan fingerprint density at radius 3 is 2.11 bits per heavy atom. The largest absolute Gasteiger partial charge is 0.462 e. The lowest BCUT2D eigenvalue weighted by atomic mass is 9.32. The molecule has 2 aromatic carbocycles. The molecular weight excluding hydrogens is 909 g/mol. The Bertz CT molecular complexity index is 2850. The van der Waals surface area contributed by atoms with Crippen LogP contribution in [0, 0.1) is 56.7 Å². The Morgan fingerprint density at radius 1 is 0.712 bits per heavy atom. The molecule has 2 aromatic rings. The highest BCUT2D eigenvalue weighted by Gasteiger charge is 2.72. The Hall–Kier alpha value is -4.99. The molecule has 10 nitrogen and oxygen atoms in total. The number of carbonyl (C=O) groups is 4. The number of esters is 1. The number of hydrogen-bond acceptors (Lipinski definition) is 7. The normalized spacial score (nSPS) is 32.5. The summed E-state index contributed by atoms with van der Waals surface area (Å²) in [6.07, 6.45) is 9.67. The van der Waals surface area contributed by atoms with Gasteiger partial charge in [-0.1, -0.05) is 52.8 Å². The second-order valence-electron chi connectivity index (χ2n) is 24.9. The summed E-state index contributed by atoms with van der Waals surface area (Å²) in [5, 5.41) is 2.06. The molecule has 1 saturated heterocycles. The number of Topliss-reactive ketones (excluding diaryl/α,β-unsaturated/α-hetero) is 1. The van der Waals surface area contributed by atoms with Crippen LogP contribution in [0.4, 0.5) is 5.69 Å². The number of ketones is 1. The van der Waals surface area contributed by atoms with E-state index < -0.39 is 5.41 Å². The second kappa shape index (κ2) is 19.0. The van der Waals surface area contributed by atoms with Gasteiger partial charge < -0.3 is 23.9 Å². The van der Waals surface area contributed by atoms with Crippen LogP contribution in [-0.2, 0) is 19.1 Å². The van der Waals surface area contributed by atoms with Gasteiger partial charge in [-0.3, -0.25) is 19.2 Å². The van der Waals surface area contributed by atoms with E-state index >= 15 is 9.59 Å². The molecule has 392 valence electrons. The van der Waals surface area contributed by atoms with Crippen LogP contribution in [0.3, 0.4) is 0 Å². The predicted octanol–water partition coefficient (Wildman–Crippen LogP) is 11.7. The third-order valence-corrected chi connectivity index (χ3v) is 21.9. The van der Waals surface area contributed by atoms with Gasteiger partial charge in [-0.25, -0.2) is 4.58 Å². The number of hydrogen-bond donors (Lipinski definition) is 0. The number of amides is 2. The van der Waals surface area contributed by atoms with Crippen molar-refractivity contribution >= 4 is 40.2 Å². The maximum absolute atomic E-state index is 15.6. The lowest BCUT2D eigenvalue weighted by molar-refractivity contribution is -0.249. The van der Waals surface area contributed by atoms with Gasteiger partial charge in [0.1, 0.15) is 36.3 Å². The van der Waals surface area contributed by atoms with Crippen LogP contribution < -0.4 is 14.8 Å². The number of piperazine rings is 1. The summed E-state index contributed by atoms with van der Waals surface area (Å²) in [7, 11) is 0. The van der Waals surface area contributed by atoms with Gasteiger partial charge in [0.25, 0.3) is 5.91 Å². The molecule has 6 aliphatic carbocycles. The maximum atomic E-state index is 15.6. The highest BCUT2D eigenvalue weighted by molar-refractivity contribution is 6.09. The van der Waals surface area contributed by atoms with Crippen molar-refractivity contribution in [1.29, 1.82) is 0 Å². The van der Waals surface area contributed by atoms with Crippen LogP contribution in [0.5, 0.6) is 0 Å². The molecule has 2 heterocycles. The average Bonchev–Trinajstić information content (AvgIpc) is 3.78. The van der Waals surface area contributed by atoms with E-state index in [1.807, 2.05) is 23.1 Å². The third kappa shape index (κ3) is 7.93. The quantitative estimate of drug-likeness (QED) is 0.0885. The van der Waals surface area contributed by atoms with Gasteiger partial charge in [-0.2, -0.15) is 0 Å². The number of anilines is 1. The third-order valence-electron chi connectivity index (χ3n) is 21.9. The first kappa shape index (κ1) is 51.5. The van der Waals surface area contributed by atoms with Crippen LogP contribution in [0.1, 0.15) is 151 Å². The first-order chi connectivity index (χ1) is 34.8. The minimum Gasteiger partial charge on any atom is -0.462 e. The van der Waals surface area contributed by atoms with Gasteiger partial charge in [0.2, 0.25) is 11.3 Å². The lowest BCUT2D eigenvalue weighted by Crippen LogP contribution is -2.68. The Morgan fingerprint density at radius 2 is 1.42 bits per heavy atom. The maximum Gasteiger partial charge on any atom is 0.302 e. The van der Waals surface area contributed by atoms with Gasteiger partial charge in [-0.15, -0.1) is 0 Å². The van der Waals surface area contributed by atoms with E-state index in [0.29, 0.717) is 49.5 Å². The fourth-order valence-corrected chi connectivity index (χ4v) is 18.0. The minimum absolute atomic E-state index is 0.00340. The van der Waals surface area contributed by atoms with E-state index in [-0.39, 0.29) is 63.2 Å². The van der Waals surface area contributed by atoms with Crippen LogP contribution in [0.25, 0.3) is 33.4 Å². The monoisotopic (exact) mass is 994 g/mol. The highest BCUT2D eigenvalue weighted by atomic mass is 16.5. The predicted molar refractivity (Wildman–Crippen MR) is 291 cm³/mol. The summed E-state index contributed by atoms with van der Waals surface area (Å²) < 4.78 is 15.1. The zero-order valence-electron chi connectivity index (χ0n) is 46.2. The number of nitrogens with zero attached hydrogens (tertiary/aromatic N) is 4. The van der Waals surface area contributed by atoms with Crippen LogP contribution in [-0.4, -0.2) is 91.8 Å². The molecule has 10 rings (SSSR count). The lowest BCUT2D eigenvalue weighted by Gasteiger charge is -2.72. The average molecular weight is 994 g/mol. The molecule has 6 fully saturated rings. The van der Waals surface area contributed by atoms with Gasteiger partial charge in [0.05, 0.1) is 11.5 Å². The van der Waals surface area contributed by atoms with Crippen molar-refractivity contribution in [3.8, 4) is 22.5 Å². The van der Waals surface area contributed by atoms with Gasteiger partial charge in [-0.05, 0) is 169 Å². The standard InChI is InChI=1S/C63H85N4O6/c1-12-64(13-2)42-20-22-47-50(38-42)73-51-39-43(65(14-3)15-4)21-23-48(51)55(47)45-18-16-17-19-46(45)57(70)66-34-36-67(37-35-66)58(71)63-31-26-44(40(5)68)56(63)49-24-25-53-60(9)29-28-54(72-41(6)69)59(7,8)52(60)27-30-62(53,11)61(49,10)32-33-63/h16-23,38-39,44,49,52-54,56H,12-15,24-37H2,1-11H3/q+1/t44-,49+,52-,53+,54-,56+,60-,61+,62+,63-/m0/s1. The Labute approximate surface area is 435 Å². The molecule has 10 heteroatoms. The van der Waals surface area contributed by atoms with Crippen molar-refractivity contribution in [3.05, 3.63) is 71.6 Å². The van der Waals surface area contributed by atoms with Crippen LogP contribution >= 0.6 is 0 Å². The van der Waals surface area contributed by atoms with Crippen molar-refractivity contribution in [1.82, 2.24) is 14.4 Å². The van der Waals surface area contributed by atoms with Crippen LogP contribution in [0.15, 0.2) is 65.1 Å². The van der Waals surface area contributed by atoms with E-state index in [0.717, 1.165) is 135 Å². The highest BCUT2D eigenvalue weighted by Crippen LogP contribution is 2.77. The summed E-state index contributed by atoms with van der Waals surface area (Å²) in [4.78, 5) is 63.1. The topological polar surface area (TPSA) is 103 Å². The van der Waals surface area contributed by atoms with Gasteiger partial charge in [0.15, 0.2) is 0 Å². The van der Waals surface area contributed by atoms with Crippen LogP contribution in [0.2, 0.25) is 0 Å². The van der Waals surface area contributed by atoms with Crippen molar-refractivity contribution in [2.75, 3.05) is 57.3 Å². The molecule has 10 atom stereocenters. The summed E-state index contributed by atoms with van der Waals surface area (Å²) in [6.45, 7) is 29.8. The molecular formula is C63H85N4O6+. The zero-order chi connectivity index (χ0) is 52.0. The summed E-state index contributed by atoms with van der Waals surface area (Å²) in [5.41, 5.74) is 4.88. The Kier molecular flexibility index (Phi) is 13.4. The first-order valence-corrected chi connectivity index (χ1v) is 28.5. The van der Waals surface area contributed by atoms with Gasteiger partial charge in [0, 0.05) is 97.4 Å². The molecule has 0 aromatic heterocycles. The minimum atomic E-state index is -0.565. The van der Waals surface area contributed by atoms with Crippen molar-refractivity contribution in [2.24, 2.45) is 56.7 Å². The Balaban J connectivity index is 0.919. The van der Waals surface area contributed by atoms with E-state index in [2.05, 4.69) is 119 Å². The van der Waals surface area contributed by atoms with Crippen molar-refractivity contribution < 1.29 is 28.3 Å². The summed E-state index contributed by atoms with van der Waals surface area (Å²) in [5.74, 6) is 2.24. The fraction of sp³-hybridized carbons (Fsp3) is 0.635. The van der Waals surface area contributed by atoms with Gasteiger partial charge >= 0.3 is 5.97 Å². The van der Waals surface area contributed by atoms with Crippen molar-refractivity contribution in [2.45, 2.75) is 146 Å². The summed E-state index contributed by atoms with van der Waals surface area (Å²) in [6, 6.07) is 21.0. The molecule has 2 amide bonds. The molecule has 0 bridgehead atoms. The molecule has 0 spiro atoms. The number of benzene rings is 3. The zero-order valence-corrected chi connectivity index (χ0v) is 46.2. The molecule has 2 aliphatic heterocycles. The van der Waals surface area contributed by atoms with E-state index in [1.165, 1.54) is 0 Å². The molecule has 73 heavy (non-hydrogen) atoms. The first-order valence-electron chi connectivity index (χ1n) is 28.5. The number of rotatable bonds is 10. The van der Waals surface area contributed by atoms with E-state index in [4.69, 9.17) is 9.15 Å². The molecule has 0 unspecified atom stereocenters. The molecule has 0 N–H and O–H groups in total. The summed E-state index contributed by atoms with van der Waals surface area (Å²) >= 11 is 0. The SMILES string of the molecule is CCN(CC)c1ccc2c(-c3ccccc3C(=O)N3CCN(C(=O)[C@]45CC[C@@H](C(C)=O)[C@@H]4[C@H]4CC[C@@H]6[C@@]7(C)CC[C@H](OC(C)=O)C(C)(C)[C@@H]7CC[C@@]6(C)[C@]4(C)CC5)CC3)c3ccc(=[N+](CC)CC)cc-3oc2c1. The van der Waals surface area contributed by atoms with E-state index in [1.54, 1.807) is 13.8 Å². The second-order valence-corrected chi connectivity index (χ2v) is 24.9. The van der Waals surface area contributed by atoms with E-state index in [9.17, 15) is 9.59 Å². The molecule has 5 saturated carbocycles. The fourth-order valence-electron chi connectivity index (χ4n) is 18.0. The molecule has 0 radical (unpaired) electrons. The number of carbonyl (C=O) groups excluding carboxylic acids is 4. The smallest absolute Gasteiger partial charge is 0.302 e.